The smallest absolute Gasteiger partial charge is 0.177 e. The molecule has 0 aliphatic carbocycles. The highest BCUT2D eigenvalue weighted by molar-refractivity contribution is 7.90. The Kier molecular flexibility index (Phi) is 3.45. The highest BCUT2D eigenvalue weighted by Gasteiger charge is 2.43. The predicted octanol–water partition coefficient (Wildman–Crippen LogP) is 1.94. The molecule has 1 fully saturated rings. The molecular weight excluding hydrogens is 305 g/mol. The Morgan fingerprint density at radius 2 is 1.68 bits per heavy atom. The zero-order valence-corrected chi connectivity index (χ0v) is 12.8. The van der Waals surface area contributed by atoms with Crippen molar-refractivity contribution in [2.45, 2.75) is 10.5 Å². The fourth-order valence-electron chi connectivity index (χ4n) is 2.73. The minimum atomic E-state index is -3.34. The van der Waals surface area contributed by atoms with Gasteiger partial charge in [0, 0.05) is 6.26 Å². The monoisotopic (exact) mass is 321 g/mol. The van der Waals surface area contributed by atoms with Gasteiger partial charge in [0.25, 0.3) is 0 Å². The maximum Gasteiger partial charge on any atom is 0.177 e. The number of hydrogen-bond donors (Lipinski definition) is 1. The predicted molar refractivity (Wildman–Crippen MR) is 82.1 cm³/mol. The fraction of sp³-hybridized carbons (Fsp3) is 0.250. The van der Waals surface area contributed by atoms with Gasteiger partial charge in [0.1, 0.15) is 11.4 Å². The van der Waals surface area contributed by atoms with Crippen molar-refractivity contribution in [2.75, 3.05) is 24.2 Å². The summed E-state index contributed by atoms with van der Waals surface area (Å²) < 4.78 is 36.6. The van der Waals surface area contributed by atoms with Gasteiger partial charge in [0.2, 0.25) is 0 Å². The fourth-order valence-corrected chi connectivity index (χ4v) is 3.63. The van der Waals surface area contributed by atoms with Crippen molar-refractivity contribution in [3.05, 3.63) is 59.9 Å². The second kappa shape index (κ2) is 5.07. The number of rotatable bonds is 3. The van der Waals surface area contributed by atoms with Gasteiger partial charge in [-0.3, -0.25) is 0 Å². The summed E-state index contributed by atoms with van der Waals surface area (Å²) in [7, 11) is -3.34. The third-order valence-corrected chi connectivity index (χ3v) is 5.04. The summed E-state index contributed by atoms with van der Waals surface area (Å²) >= 11 is 0. The first-order valence-electron chi connectivity index (χ1n) is 6.82. The van der Waals surface area contributed by atoms with Gasteiger partial charge in [-0.05, 0) is 29.8 Å². The third kappa shape index (κ3) is 2.60. The Bertz CT molecular complexity index is 796. The normalized spacial score (nSPS) is 17.1. The zero-order valence-electron chi connectivity index (χ0n) is 12.0. The number of nitrogens with zero attached hydrogens (tertiary/aromatic N) is 1. The van der Waals surface area contributed by atoms with Crippen LogP contribution in [0.3, 0.4) is 0 Å². The molecule has 0 amide bonds. The van der Waals surface area contributed by atoms with Crippen molar-refractivity contribution in [3.8, 4) is 0 Å². The molecule has 0 saturated carbocycles. The van der Waals surface area contributed by atoms with E-state index in [-0.39, 0.29) is 23.8 Å². The Morgan fingerprint density at radius 1 is 1.09 bits per heavy atom. The highest BCUT2D eigenvalue weighted by atomic mass is 32.2. The molecule has 0 unspecified atom stereocenters. The lowest BCUT2D eigenvalue weighted by atomic mass is 9.85. The zero-order chi connectivity index (χ0) is 16.0. The van der Waals surface area contributed by atoms with Gasteiger partial charge in [-0.15, -0.1) is 0 Å². The van der Waals surface area contributed by atoms with E-state index < -0.39 is 15.4 Å². The van der Waals surface area contributed by atoms with Crippen LogP contribution in [0.5, 0.6) is 0 Å². The van der Waals surface area contributed by atoms with Crippen LogP contribution in [0.4, 0.5) is 10.1 Å². The first kappa shape index (κ1) is 15.0. The van der Waals surface area contributed by atoms with E-state index in [1.807, 2.05) is 0 Å². The Labute approximate surface area is 128 Å². The van der Waals surface area contributed by atoms with Crippen molar-refractivity contribution in [1.29, 1.82) is 0 Å². The molecular formula is C16H16FNO3S. The second-order valence-corrected chi connectivity index (χ2v) is 7.62. The summed E-state index contributed by atoms with van der Waals surface area (Å²) in [4.78, 5) is 2.05. The molecule has 0 radical (unpaired) electrons. The number of anilines is 1. The van der Waals surface area contributed by atoms with Crippen LogP contribution < -0.4 is 4.90 Å². The van der Waals surface area contributed by atoms with Gasteiger partial charge < -0.3 is 10.0 Å². The number of β-amino-alcohol motifs (C(OH)–C–C–N with tert-alkyl or cyclic N) is 1. The number of hydrogen-bond acceptors (Lipinski definition) is 4. The molecule has 4 nitrogen and oxygen atoms in total. The maximum absolute atomic E-state index is 13.0. The number of para-hydroxylation sites is 1. The van der Waals surface area contributed by atoms with Crippen LogP contribution in [0.1, 0.15) is 5.56 Å². The average molecular weight is 321 g/mol. The van der Waals surface area contributed by atoms with Gasteiger partial charge in [-0.25, -0.2) is 12.8 Å². The molecule has 0 atom stereocenters. The quantitative estimate of drug-likeness (QED) is 0.938. The molecule has 0 bridgehead atoms. The summed E-state index contributed by atoms with van der Waals surface area (Å²) in [5.74, 6) is -0.356. The van der Waals surface area contributed by atoms with Crippen molar-refractivity contribution in [1.82, 2.24) is 0 Å². The average Bonchev–Trinajstić information content (AvgIpc) is 2.44. The summed E-state index contributed by atoms with van der Waals surface area (Å²) in [5, 5.41) is 10.6. The van der Waals surface area contributed by atoms with Crippen LogP contribution in [0, 0.1) is 5.82 Å². The molecule has 2 aromatic rings. The van der Waals surface area contributed by atoms with Crippen LogP contribution in [-0.4, -0.2) is 32.9 Å². The van der Waals surface area contributed by atoms with Crippen molar-refractivity contribution in [2.24, 2.45) is 0 Å². The van der Waals surface area contributed by atoms with Gasteiger partial charge in [-0.1, -0.05) is 24.3 Å². The van der Waals surface area contributed by atoms with Gasteiger partial charge in [0.05, 0.1) is 23.7 Å². The molecule has 6 heteroatoms. The summed E-state index contributed by atoms with van der Waals surface area (Å²) in [6.45, 7) is 0.538. The van der Waals surface area contributed by atoms with Gasteiger partial charge >= 0.3 is 0 Å². The van der Waals surface area contributed by atoms with E-state index in [0.29, 0.717) is 11.3 Å². The van der Waals surface area contributed by atoms with Crippen LogP contribution in [0.2, 0.25) is 0 Å². The van der Waals surface area contributed by atoms with Crippen LogP contribution in [0.25, 0.3) is 0 Å². The molecule has 1 heterocycles. The molecule has 1 N–H and O–H groups in total. The molecule has 116 valence electrons. The standard InChI is InChI=1S/C16H16FNO3S/c1-22(20,21)15-5-3-2-4-14(15)18-10-16(19,11-18)12-6-8-13(17)9-7-12/h2-9,19H,10-11H2,1H3. The summed E-state index contributed by atoms with van der Waals surface area (Å²) in [6.07, 6.45) is 1.16. The molecule has 1 saturated heterocycles. The van der Waals surface area contributed by atoms with Gasteiger partial charge in [-0.2, -0.15) is 0 Å². The van der Waals surface area contributed by atoms with E-state index in [1.165, 1.54) is 12.1 Å². The Morgan fingerprint density at radius 3 is 2.27 bits per heavy atom. The molecule has 0 spiro atoms. The third-order valence-electron chi connectivity index (χ3n) is 3.89. The minimum absolute atomic E-state index is 0.246. The van der Waals surface area contributed by atoms with E-state index in [2.05, 4.69) is 0 Å². The molecule has 2 aromatic carbocycles. The number of benzene rings is 2. The first-order valence-corrected chi connectivity index (χ1v) is 8.71. The summed E-state index contributed by atoms with van der Waals surface area (Å²) in [6, 6.07) is 12.4. The van der Waals surface area contributed by atoms with Crippen LogP contribution in [0.15, 0.2) is 53.4 Å². The minimum Gasteiger partial charge on any atom is -0.381 e. The van der Waals surface area contributed by atoms with Gasteiger partial charge in [0.15, 0.2) is 9.84 Å². The van der Waals surface area contributed by atoms with E-state index in [0.717, 1.165) is 6.26 Å². The molecule has 1 aliphatic rings. The Balaban J connectivity index is 1.86. The SMILES string of the molecule is CS(=O)(=O)c1ccccc1N1CC(O)(c2ccc(F)cc2)C1. The largest absolute Gasteiger partial charge is 0.381 e. The van der Waals surface area contributed by atoms with E-state index >= 15 is 0 Å². The molecule has 3 rings (SSSR count). The Hall–Kier alpha value is -1.92. The van der Waals surface area contributed by atoms with E-state index in [9.17, 15) is 17.9 Å². The lowest BCUT2D eigenvalue weighted by Gasteiger charge is -2.48. The summed E-state index contributed by atoms with van der Waals surface area (Å²) in [5.41, 5.74) is 0.122. The van der Waals surface area contributed by atoms with E-state index in [4.69, 9.17) is 0 Å². The van der Waals surface area contributed by atoms with Crippen molar-refractivity contribution < 1.29 is 17.9 Å². The number of sulfone groups is 1. The topological polar surface area (TPSA) is 57.6 Å². The molecule has 22 heavy (non-hydrogen) atoms. The first-order chi connectivity index (χ1) is 10.3. The van der Waals surface area contributed by atoms with Crippen LogP contribution >= 0.6 is 0 Å². The highest BCUT2D eigenvalue weighted by Crippen LogP contribution is 2.38. The van der Waals surface area contributed by atoms with Crippen molar-refractivity contribution in [3.63, 3.8) is 0 Å². The maximum atomic E-state index is 13.0. The molecule has 0 aromatic heterocycles. The lowest BCUT2D eigenvalue weighted by molar-refractivity contribution is 0.00718. The molecule has 1 aliphatic heterocycles. The second-order valence-electron chi connectivity index (χ2n) is 5.63. The lowest BCUT2D eigenvalue weighted by Crippen LogP contribution is -2.59. The van der Waals surface area contributed by atoms with Crippen molar-refractivity contribution >= 4 is 15.5 Å². The number of halogens is 1. The van der Waals surface area contributed by atoms with Crippen LogP contribution in [-0.2, 0) is 15.4 Å². The number of aliphatic hydroxyl groups is 1. The van der Waals surface area contributed by atoms with E-state index in [1.54, 1.807) is 41.3 Å².